The topological polar surface area (TPSA) is 102 Å². The third-order valence-corrected chi connectivity index (χ3v) is 15.1. The molecule has 0 spiro atoms. The fourth-order valence-corrected chi connectivity index (χ4v) is 10.5. The van der Waals surface area contributed by atoms with Gasteiger partial charge in [-0.2, -0.15) is 0 Å². The minimum Gasteiger partial charge on any atom is -0.329 e. The highest BCUT2D eigenvalue weighted by molar-refractivity contribution is 6.03. The molecule has 5 aliphatic rings. The molecule has 90 heavy (non-hydrogen) atoms. The maximum atomic E-state index is 13.0. The quantitative estimate of drug-likeness (QED) is 0.154. The van der Waals surface area contributed by atoms with Crippen LogP contribution in [0.4, 0.5) is 0 Å². The minimum atomic E-state index is -2.18. The van der Waals surface area contributed by atoms with Crippen LogP contribution in [-0.4, -0.2) is 81.7 Å². The summed E-state index contributed by atoms with van der Waals surface area (Å²) in [5.74, 6) is -2.05. The zero-order chi connectivity index (χ0) is 86.2. The largest absolute Gasteiger partial charge is 0.329 e. The van der Waals surface area contributed by atoms with Crippen LogP contribution in [0, 0.1) is 0 Å². The Bertz CT molecular complexity index is 4590. The molecule has 0 unspecified atom stereocenters. The van der Waals surface area contributed by atoms with Crippen LogP contribution in [0.15, 0.2) is 90.8 Å². The van der Waals surface area contributed by atoms with Crippen molar-refractivity contribution in [3.63, 3.8) is 0 Å². The van der Waals surface area contributed by atoms with Gasteiger partial charge < -0.3 is 24.5 Å². The Hall–Kier alpha value is -6.55. The van der Waals surface area contributed by atoms with Crippen molar-refractivity contribution in [2.24, 2.45) is 0 Å². The van der Waals surface area contributed by atoms with Gasteiger partial charge in [-0.05, 0) is 187 Å². The molecule has 10 heteroatoms. The van der Waals surface area contributed by atoms with E-state index < -0.39 is 105 Å². The van der Waals surface area contributed by atoms with Crippen LogP contribution < -0.4 is 0 Å². The lowest BCUT2D eigenvalue weighted by Crippen LogP contribution is -2.41. The molecule has 5 heterocycles. The number of hydrogen-bond donors (Lipinski definition) is 0. The van der Waals surface area contributed by atoms with Crippen molar-refractivity contribution in [2.45, 2.75) is 295 Å². The van der Waals surface area contributed by atoms with Gasteiger partial charge in [-0.3, -0.25) is 24.0 Å². The Morgan fingerprint density at radius 1 is 0.267 bits per heavy atom. The number of benzene rings is 5. The third kappa shape index (κ3) is 15.7. The number of fused-ring (bicyclic) bond motifs is 5. The number of amides is 5. The lowest BCUT2D eigenvalue weighted by molar-refractivity contribution is 0.0599. The van der Waals surface area contributed by atoms with Gasteiger partial charge in [0.1, 0.15) is 0 Å². The fraction of sp³-hybridized carbons (Fsp3) is 0.562. The van der Waals surface area contributed by atoms with Crippen molar-refractivity contribution >= 4 is 29.5 Å². The summed E-state index contributed by atoms with van der Waals surface area (Å²) >= 11 is 0. The predicted octanol–water partition coefficient (Wildman–Crippen LogP) is 18.7. The van der Waals surface area contributed by atoms with Crippen LogP contribution in [-0.2, 0) is 59.6 Å². The molecular formula is C80H115N5O5. The molecule has 0 saturated carbocycles. The van der Waals surface area contributed by atoms with E-state index >= 15 is 0 Å². The zero-order valence-corrected chi connectivity index (χ0v) is 59.7. The van der Waals surface area contributed by atoms with Gasteiger partial charge in [-0.1, -0.05) is 195 Å². The summed E-state index contributed by atoms with van der Waals surface area (Å²) in [7, 11) is 0. The molecule has 10 rings (SSSR count). The first-order valence-electron chi connectivity index (χ1n) is 41.0. The van der Waals surface area contributed by atoms with E-state index in [1.54, 1.807) is 95.2 Å². The molecule has 0 fully saturated rings. The van der Waals surface area contributed by atoms with Crippen LogP contribution in [0.2, 0.25) is 0 Å². The Balaban J connectivity index is 0.000000215. The predicted molar refractivity (Wildman–Crippen MR) is 374 cm³/mol. The number of carbonyl (C=O) groups is 5. The average molecular weight is 1250 g/mol. The van der Waals surface area contributed by atoms with E-state index in [1.807, 2.05) is 125 Å². The number of nitrogens with zero attached hydrogens (tertiary/aromatic N) is 5. The highest BCUT2D eigenvalue weighted by atomic mass is 16.2. The first-order valence-corrected chi connectivity index (χ1v) is 31.0. The van der Waals surface area contributed by atoms with Gasteiger partial charge in [-0.15, -0.1) is 0 Å². The normalized spacial score (nSPS) is 22.1. The van der Waals surface area contributed by atoms with Gasteiger partial charge in [0.25, 0.3) is 29.5 Å². The molecule has 5 aliphatic heterocycles. The Morgan fingerprint density at radius 3 is 0.822 bits per heavy atom. The lowest BCUT2D eigenvalue weighted by atomic mass is 9.82. The summed E-state index contributed by atoms with van der Waals surface area (Å²) in [5.41, 5.74) is -1.50. The van der Waals surface area contributed by atoms with E-state index in [0.717, 1.165) is 10.5 Å². The third-order valence-electron chi connectivity index (χ3n) is 15.1. The van der Waals surface area contributed by atoms with E-state index in [0.29, 0.717) is 27.8 Å². The highest BCUT2D eigenvalue weighted by Crippen LogP contribution is 2.42. The Morgan fingerprint density at radius 2 is 0.500 bits per heavy atom. The first kappa shape index (κ1) is 48.2. The van der Waals surface area contributed by atoms with Gasteiger partial charge in [0.15, 0.2) is 0 Å². The number of hydrogen-bond acceptors (Lipinski definition) is 5. The summed E-state index contributed by atoms with van der Waals surface area (Å²) in [6.45, 7) is 45.0. The minimum absolute atomic E-state index is 0.00570. The van der Waals surface area contributed by atoms with Crippen molar-refractivity contribution in [2.75, 3.05) is 0 Å². The highest BCUT2D eigenvalue weighted by Gasteiger charge is 2.43. The van der Waals surface area contributed by atoms with Crippen LogP contribution >= 0.6 is 0 Å². The summed E-state index contributed by atoms with van der Waals surface area (Å²) in [6.07, 6.45) is 0. The van der Waals surface area contributed by atoms with Crippen molar-refractivity contribution in [3.05, 3.63) is 174 Å². The summed E-state index contributed by atoms with van der Waals surface area (Å²) in [4.78, 5) is 70.7. The summed E-state index contributed by atoms with van der Waals surface area (Å²) in [6, 6.07) is 6.54. The molecule has 5 aromatic carbocycles. The molecule has 0 atom stereocenters. The molecule has 0 aromatic heterocycles. The van der Waals surface area contributed by atoms with Gasteiger partial charge in [-0.25, -0.2) is 0 Å². The van der Waals surface area contributed by atoms with Crippen molar-refractivity contribution in [1.82, 2.24) is 24.5 Å². The van der Waals surface area contributed by atoms with E-state index in [-0.39, 0.29) is 122 Å². The Kier molecular flexibility index (Phi) is 13.3. The van der Waals surface area contributed by atoms with E-state index in [4.69, 9.17) is 27.4 Å². The van der Waals surface area contributed by atoms with Crippen LogP contribution in [0.25, 0.3) is 0 Å². The molecule has 5 amide bonds. The molecule has 0 aliphatic carbocycles. The van der Waals surface area contributed by atoms with Gasteiger partial charge in [0.2, 0.25) is 0 Å². The SMILES string of the molecule is [2H]c1c([2H])c(C(C)(C)C)c2c(c1[2H])C([2H])([2H])N(C(C)(C)C)C2=O.[2H]c1cc(C(C)(C)C)c2c(c1[2H])C([2H])([2H])N(C(C)(C)C)C2=O.[2H]c1cc([2H])c2c(c1C(C)(C)C)C(=O)N(C(C)(C)C)C2([2H])[2H].[2H]c1cc2c(c(C(C)(C)C)c1[2H])C(=O)N(C(C)(C)C)C2([2H])[2H].[2H]c1ccc(C(C)(C)C)c2c1C([2H])([2H])N(C(C)(C)C)C2=O. The molecule has 0 N–H and O–H groups in total. The monoisotopic (exact) mass is 1250 g/mol. The van der Waals surface area contributed by atoms with Crippen LogP contribution in [0.3, 0.4) is 0 Å². The molecule has 490 valence electrons. The second-order valence-corrected chi connectivity index (χ2v) is 33.7. The molecule has 0 bridgehead atoms. The molecular weight excluding hydrogens is 1110 g/mol. The molecule has 10 nitrogen and oxygen atoms in total. The van der Waals surface area contributed by atoms with Crippen molar-refractivity contribution < 1.29 is 51.4 Å². The second kappa shape index (κ2) is 24.8. The van der Waals surface area contributed by atoms with E-state index in [9.17, 15) is 24.0 Å². The van der Waals surface area contributed by atoms with Crippen LogP contribution in [0.1, 0.15) is 343 Å². The first-order chi connectivity index (χ1) is 48.5. The number of rotatable bonds is 0. The molecule has 0 radical (unpaired) electrons. The lowest BCUT2D eigenvalue weighted by Gasteiger charge is -2.32. The van der Waals surface area contributed by atoms with Crippen molar-refractivity contribution in [3.8, 4) is 0 Å². The maximum absolute atomic E-state index is 13.0. The average Bonchev–Trinajstić information content (AvgIpc) is 1.58. The zero-order valence-electron chi connectivity index (χ0n) is 79.7. The van der Waals surface area contributed by atoms with Crippen LogP contribution in [0.5, 0.6) is 0 Å². The summed E-state index contributed by atoms with van der Waals surface area (Å²) < 4.78 is 165. The molecule has 5 aromatic rings. The van der Waals surface area contributed by atoms with Gasteiger partial charge in [0.05, 0.1) is 27.4 Å². The standard InChI is InChI=1S/5C16H23NO/c5*1-15(2,3)12-9-7-8-11-10-17(16(4,5)6)14(18)13(11)12/h5*7-9H,10H2,1-6H3/i7D,8D,9D,10D2;8D,9D,10D2;7D,9D,10D2;7D,8D,10D2;8D,10D2. The smallest absolute Gasteiger partial charge is 0.255 e. The van der Waals surface area contributed by atoms with E-state index in [2.05, 4.69) is 0 Å². The van der Waals surface area contributed by atoms with Gasteiger partial charge >= 0.3 is 0 Å². The van der Waals surface area contributed by atoms with Crippen molar-refractivity contribution in [1.29, 1.82) is 0 Å². The van der Waals surface area contributed by atoms with Gasteiger partial charge in [0, 0.05) is 88.0 Å². The Labute approximate surface area is 573 Å². The number of carbonyl (C=O) groups excluding carboxylic acids is 5. The fourth-order valence-electron chi connectivity index (χ4n) is 10.5. The second-order valence-electron chi connectivity index (χ2n) is 33.7. The van der Waals surface area contributed by atoms with E-state index in [1.165, 1.54) is 37.8 Å². The molecule has 0 saturated heterocycles. The maximum Gasteiger partial charge on any atom is 0.255 e. The summed E-state index contributed by atoms with van der Waals surface area (Å²) in [5, 5.41) is 0.